The summed E-state index contributed by atoms with van der Waals surface area (Å²) in [5.74, 6) is 0.390. The molecule has 0 radical (unpaired) electrons. The summed E-state index contributed by atoms with van der Waals surface area (Å²) in [5, 5.41) is 0. The van der Waals surface area contributed by atoms with Crippen molar-refractivity contribution in [2.75, 3.05) is 13.2 Å². The Balaban J connectivity index is 1.66. The molecule has 0 amide bonds. The van der Waals surface area contributed by atoms with E-state index in [1.807, 2.05) is 30.3 Å². The first-order valence-electron chi connectivity index (χ1n) is 7.30. The van der Waals surface area contributed by atoms with Crippen LogP contribution in [-0.2, 0) is 20.6 Å². The van der Waals surface area contributed by atoms with Crippen LogP contribution in [0.25, 0.3) is 0 Å². The normalized spacial score (nSPS) is 22.5. The third kappa shape index (κ3) is 3.79. The van der Waals surface area contributed by atoms with Crippen molar-refractivity contribution < 1.29 is 23.0 Å². The summed E-state index contributed by atoms with van der Waals surface area (Å²) in [6.45, 7) is 2.48. The highest BCUT2D eigenvalue weighted by molar-refractivity contribution is 7.79. The van der Waals surface area contributed by atoms with E-state index in [9.17, 15) is 8.76 Å². The second kappa shape index (κ2) is 7.23. The molecule has 1 fully saturated rings. The van der Waals surface area contributed by atoms with E-state index in [1.54, 1.807) is 25.1 Å². The van der Waals surface area contributed by atoms with Gasteiger partial charge in [-0.05, 0) is 18.6 Å². The molecule has 1 saturated heterocycles. The van der Waals surface area contributed by atoms with Gasteiger partial charge in [0.15, 0.2) is 17.4 Å². The standard InChI is InChI=1S/C17H18O5S/c1-12-6-5-9-15(16(12)23(18)19)22-14-10-20-17(21-11-14)13-7-3-2-4-8-13/h2-9,14,17H,10-11H2,1H3,(H,18,19). The third-order valence-corrected chi connectivity index (χ3v) is 4.46. The summed E-state index contributed by atoms with van der Waals surface area (Å²) in [5.41, 5.74) is 1.67. The van der Waals surface area contributed by atoms with Crippen LogP contribution in [0.1, 0.15) is 17.4 Å². The van der Waals surface area contributed by atoms with Gasteiger partial charge in [-0.15, -0.1) is 0 Å². The molecule has 0 aliphatic carbocycles. The maximum Gasteiger partial charge on any atom is 0.190 e. The van der Waals surface area contributed by atoms with E-state index in [-0.39, 0.29) is 11.0 Å². The van der Waals surface area contributed by atoms with E-state index in [0.29, 0.717) is 24.5 Å². The van der Waals surface area contributed by atoms with Gasteiger partial charge in [0.1, 0.15) is 16.7 Å². The van der Waals surface area contributed by atoms with Crippen molar-refractivity contribution in [1.29, 1.82) is 0 Å². The van der Waals surface area contributed by atoms with Crippen LogP contribution < -0.4 is 4.74 Å². The molecule has 23 heavy (non-hydrogen) atoms. The van der Waals surface area contributed by atoms with Gasteiger partial charge in [0, 0.05) is 5.56 Å². The zero-order valence-corrected chi connectivity index (χ0v) is 13.5. The van der Waals surface area contributed by atoms with Gasteiger partial charge in [-0.1, -0.05) is 42.5 Å². The molecule has 0 spiro atoms. The van der Waals surface area contributed by atoms with Gasteiger partial charge < -0.3 is 18.8 Å². The molecular weight excluding hydrogens is 316 g/mol. The van der Waals surface area contributed by atoms with Crippen LogP contribution in [0.4, 0.5) is 0 Å². The van der Waals surface area contributed by atoms with Gasteiger partial charge in [0.2, 0.25) is 0 Å². The fraction of sp³-hybridized carbons (Fsp3) is 0.294. The maximum atomic E-state index is 11.5. The molecule has 6 heteroatoms. The van der Waals surface area contributed by atoms with Crippen molar-refractivity contribution in [1.82, 2.24) is 0 Å². The Hall–Kier alpha value is -1.73. The number of hydrogen-bond acceptors (Lipinski definition) is 4. The van der Waals surface area contributed by atoms with E-state index >= 15 is 0 Å². The predicted molar refractivity (Wildman–Crippen MR) is 85.7 cm³/mol. The molecule has 2 aromatic rings. The fourth-order valence-electron chi connectivity index (χ4n) is 2.48. The van der Waals surface area contributed by atoms with Crippen LogP contribution in [0, 0.1) is 6.92 Å². The Morgan fingerprint density at radius 2 is 1.78 bits per heavy atom. The third-order valence-electron chi connectivity index (χ3n) is 3.58. The number of hydrogen-bond donors (Lipinski definition) is 1. The van der Waals surface area contributed by atoms with Crippen molar-refractivity contribution in [2.45, 2.75) is 24.2 Å². The van der Waals surface area contributed by atoms with Crippen molar-refractivity contribution >= 4 is 11.1 Å². The number of ether oxygens (including phenoxy) is 3. The minimum atomic E-state index is -2.10. The van der Waals surface area contributed by atoms with Crippen LogP contribution in [0.2, 0.25) is 0 Å². The second-order valence-corrected chi connectivity index (χ2v) is 6.21. The Morgan fingerprint density at radius 3 is 2.43 bits per heavy atom. The van der Waals surface area contributed by atoms with E-state index in [4.69, 9.17) is 14.2 Å². The molecule has 1 aliphatic rings. The molecule has 1 aliphatic heterocycles. The van der Waals surface area contributed by atoms with Gasteiger partial charge in [-0.2, -0.15) is 0 Å². The molecule has 1 atom stereocenters. The quantitative estimate of drug-likeness (QED) is 0.871. The topological polar surface area (TPSA) is 65.0 Å². The second-order valence-electron chi connectivity index (χ2n) is 5.30. The van der Waals surface area contributed by atoms with Gasteiger partial charge in [-0.25, -0.2) is 4.21 Å². The first kappa shape index (κ1) is 16.1. The summed E-state index contributed by atoms with van der Waals surface area (Å²) < 4.78 is 38.1. The predicted octanol–water partition coefficient (Wildman–Crippen LogP) is 3.07. The molecule has 3 rings (SSSR count). The number of benzene rings is 2. The largest absolute Gasteiger partial charge is 0.484 e. The minimum absolute atomic E-state index is 0.290. The van der Waals surface area contributed by atoms with Gasteiger partial charge in [-0.3, -0.25) is 0 Å². The molecule has 122 valence electrons. The summed E-state index contributed by atoms with van der Waals surface area (Å²) in [6.07, 6.45) is -0.723. The van der Waals surface area contributed by atoms with Gasteiger partial charge in [0.25, 0.3) is 0 Å². The van der Waals surface area contributed by atoms with Gasteiger partial charge in [0.05, 0.1) is 13.2 Å². The van der Waals surface area contributed by atoms with Gasteiger partial charge >= 0.3 is 0 Å². The summed E-state index contributed by atoms with van der Waals surface area (Å²) in [7, 11) is 0. The summed E-state index contributed by atoms with van der Waals surface area (Å²) in [6, 6.07) is 14.9. The Bertz CT molecular complexity index is 681. The highest BCUT2D eigenvalue weighted by Gasteiger charge is 2.26. The Kier molecular flexibility index (Phi) is 5.07. The van der Waals surface area contributed by atoms with Crippen LogP contribution in [-0.4, -0.2) is 28.1 Å². The zero-order chi connectivity index (χ0) is 16.2. The maximum absolute atomic E-state index is 11.5. The van der Waals surface area contributed by atoms with E-state index in [2.05, 4.69) is 0 Å². The van der Waals surface area contributed by atoms with Crippen LogP contribution in [0.3, 0.4) is 0 Å². The van der Waals surface area contributed by atoms with E-state index in [0.717, 1.165) is 5.56 Å². The zero-order valence-electron chi connectivity index (χ0n) is 12.7. The summed E-state index contributed by atoms with van der Waals surface area (Å²) in [4.78, 5) is 0.290. The molecule has 0 aromatic heterocycles. The number of aryl methyl sites for hydroxylation is 1. The number of rotatable bonds is 4. The van der Waals surface area contributed by atoms with E-state index in [1.165, 1.54) is 0 Å². The molecule has 5 nitrogen and oxygen atoms in total. The SMILES string of the molecule is Cc1cccc(OC2COC(c3ccccc3)OC2)c1S(=O)O. The van der Waals surface area contributed by atoms with Crippen LogP contribution >= 0.6 is 0 Å². The smallest absolute Gasteiger partial charge is 0.190 e. The average molecular weight is 334 g/mol. The molecule has 2 aromatic carbocycles. The Morgan fingerprint density at radius 1 is 1.09 bits per heavy atom. The van der Waals surface area contributed by atoms with E-state index < -0.39 is 17.4 Å². The lowest BCUT2D eigenvalue weighted by Gasteiger charge is -2.30. The van der Waals surface area contributed by atoms with Crippen molar-refractivity contribution in [2.24, 2.45) is 0 Å². The van der Waals surface area contributed by atoms with Crippen LogP contribution in [0.5, 0.6) is 5.75 Å². The first-order chi connectivity index (χ1) is 11.1. The highest BCUT2D eigenvalue weighted by Crippen LogP contribution is 2.29. The molecule has 1 N–H and O–H groups in total. The average Bonchev–Trinajstić information content (AvgIpc) is 2.56. The highest BCUT2D eigenvalue weighted by atomic mass is 32.2. The molecular formula is C17H18O5S. The lowest BCUT2D eigenvalue weighted by atomic mass is 10.2. The first-order valence-corrected chi connectivity index (χ1v) is 8.41. The lowest BCUT2D eigenvalue weighted by molar-refractivity contribution is -0.215. The lowest BCUT2D eigenvalue weighted by Crippen LogP contribution is -2.36. The Labute approximate surface area is 137 Å². The van der Waals surface area contributed by atoms with Crippen molar-refractivity contribution in [3.63, 3.8) is 0 Å². The van der Waals surface area contributed by atoms with Crippen molar-refractivity contribution in [3.8, 4) is 5.75 Å². The molecule has 0 saturated carbocycles. The summed E-state index contributed by atoms with van der Waals surface area (Å²) >= 11 is -2.10. The van der Waals surface area contributed by atoms with Crippen LogP contribution in [0.15, 0.2) is 53.4 Å². The fourth-order valence-corrected chi connectivity index (χ4v) is 3.11. The minimum Gasteiger partial charge on any atom is -0.484 e. The molecule has 1 unspecified atom stereocenters. The monoisotopic (exact) mass is 334 g/mol. The molecule has 1 heterocycles. The van der Waals surface area contributed by atoms with Crippen molar-refractivity contribution in [3.05, 3.63) is 59.7 Å². The molecule has 0 bridgehead atoms.